The minimum absolute atomic E-state index is 0.102. The zero-order chi connectivity index (χ0) is 23.4. The van der Waals surface area contributed by atoms with Crippen LogP contribution in [0, 0.1) is 5.82 Å². The van der Waals surface area contributed by atoms with Crippen LogP contribution in [0.1, 0.15) is 53.3 Å². The molecule has 6 heteroatoms. The third kappa shape index (κ3) is 4.75. The highest BCUT2D eigenvalue weighted by Crippen LogP contribution is 2.47. The largest absolute Gasteiger partial charge is 0.484 e. The normalized spacial score (nSPS) is 16.6. The van der Waals surface area contributed by atoms with E-state index in [-0.39, 0.29) is 17.6 Å². The highest BCUT2D eigenvalue weighted by Gasteiger charge is 2.40. The summed E-state index contributed by atoms with van der Waals surface area (Å²) in [6, 6.07) is 19.1. The molecule has 0 aliphatic carbocycles. The zero-order valence-corrected chi connectivity index (χ0v) is 18.7. The Hall–Kier alpha value is -3.67. The van der Waals surface area contributed by atoms with Crippen LogP contribution in [0.4, 0.5) is 4.39 Å². The maximum absolute atomic E-state index is 13.4. The topological polar surface area (TPSA) is 67.4 Å². The number of likely N-dealkylation sites (N-methyl/N-ethyl adjacent to an activating group) is 1. The Balaban J connectivity index is 1.66. The first-order chi connectivity index (χ1) is 16.0. The summed E-state index contributed by atoms with van der Waals surface area (Å²) in [5.41, 5.74) is 3.84. The van der Waals surface area contributed by atoms with Crippen LogP contribution >= 0.6 is 0 Å². The van der Waals surface area contributed by atoms with Gasteiger partial charge in [0.25, 0.3) is 5.91 Å². The molecule has 0 saturated heterocycles. The summed E-state index contributed by atoms with van der Waals surface area (Å²) >= 11 is 0. The van der Waals surface area contributed by atoms with Crippen molar-refractivity contribution in [2.45, 2.75) is 31.8 Å². The number of halogens is 1. The average Bonchev–Trinajstić information content (AvgIpc) is 3.23. The molecule has 170 valence electrons. The standard InChI is InChI=1S/C27H27FN2O3/c1-3-4-14-30-26(31)20-7-5-6-18(15-20)19-10-13-23-22(16-19)24(27(32)29-2)25(33-23)17-8-11-21(28)12-9-17/h5-13,15-16,24-25H,3-4,14H2,1-2H3,(H,29,32)(H,30,31). The van der Waals surface area contributed by atoms with Gasteiger partial charge in [0.1, 0.15) is 23.6 Å². The van der Waals surface area contributed by atoms with E-state index in [0.29, 0.717) is 17.9 Å². The van der Waals surface area contributed by atoms with E-state index >= 15 is 0 Å². The molecule has 0 radical (unpaired) electrons. The summed E-state index contributed by atoms with van der Waals surface area (Å²) in [5.74, 6) is -0.573. The summed E-state index contributed by atoms with van der Waals surface area (Å²) < 4.78 is 19.6. The molecule has 3 aromatic rings. The molecule has 1 heterocycles. The van der Waals surface area contributed by atoms with Gasteiger partial charge in [0.15, 0.2) is 0 Å². The smallest absolute Gasteiger partial charge is 0.251 e. The van der Waals surface area contributed by atoms with Crippen molar-refractivity contribution in [3.63, 3.8) is 0 Å². The summed E-state index contributed by atoms with van der Waals surface area (Å²) in [4.78, 5) is 25.3. The minimum Gasteiger partial charge on any atom is -0.484 e. The van der Waals surface area contributed by atoms with Gasteiger partial charge in [-0.25, -0.2) is 4.39 Å². The molecule has 33 heavy (non-hydrogen) atoms. The fraction of sp³-hybridized carbons (Fsp3) is 0.259. The number of hydrogen-bond donors (Lipinski definition) is 2. The molecule has 5 nitrogen and oxygen atoms in total. The van der Waals surface area contributed by atoms with Gasteiger partial charge in [-0.1, -0.05) is 43.7 Å². The maximum atomic E-state index is 13.4. The van der Waals surface area contributed by atoms with Crippen LogP contribution in [0.25, 0.3) is 11.1 Å². The number of unbranched alkanes of at least 4 members (excludes halogenated alkanes) is 1. The van der Waals surface area contributed by atoms with Crippen LogP contribution in [0.5, 0.6) is 5.75 Å². The third-order valence-electron chi connectivity index (χ3n) is 5.90. The van der Waals surface area contributed by atoms with Gasteiger partial charge in [-0.2, -0.15) is 0 Å². The van der Waals surface area contributed by atoms with Gasteiger partial charge in [-0.05, 0) is 59.5 Å². The highest BCUT2D eigenvalue weighted by atomic mass is 19.1. The number of hydrogen-bond acceptors (Lipinski definition) is 3. The van der Waals surface area contributed by atoms with E-state index in [1.807, 2.05) is 36.4 Å². The summed E-state index contributed by atoms with van der Waals surface area (Å²) in [6.07, 6.45) is 1.40. The van der Waals surface area contributed by atoms with E-state index in [1.54, 1.807) is 25.2 Å². The Kier molecular flexibility index (Phi) is 6.73. The van der Waals surface area contributed by atoms with Crippen molar-refractivity contribution in [2.75, 3.05) is 13.6 Å². The van der Waals surface area contributed by atoms with Crippen molar-refractivity contribution >= 4 is 11.8 Å². The zero-order valence-electron chi connectivity index (χ0n) is 18.7. The molecule has 1 aliphatic heterocycles. The SMILES string of the molecule is CCCCNC(=O)c1cccc(-c2ccc3c(c2)C(C(=O)NC)C(c2ccc(F)cc2)O3)c1. The van der Waals surface area contributed by atoms with E-state index < -0.39 is 12.0 Å². The number of carbonyl (C=O) groups is 2. The monoisotopic (exact) mass is 446 g/mol. The summed E-state index contributed by atoms with van der Waals surface area (Å²) in [6.45, 7) is 2.73. The van der Waals surface area contributed by atoms with Gasteiger partial charge in [-0.3, -0.25) is 9.59 Å². The molecular formula is C27H27FN2O3. The maximum Gasteiger partial charge on any atom is 0.251 e. The fourth-order valence-electron chi connectivity index (χ4n) is 4.11. The molecule has 0 bridgehead atoms. The molecule has 1 aliphatic rings. The van der Waals surface area contributed by atoms with Crippen LogP contribution in [0.15, 0.2) is 66.7 Å². The van der Waals surface area contributed by atoms with Gasteiger partial charge in [0.2, 0.25) is 5.91 Å². The van der Waals surface area contributed by atoms with Crippen LogP contribution < -0.4 is 15.4 Å². The van der Waals surface area contributed by atoms with Crippen molar-refractivity contribution in [1.29, 1.82) is 0 Å². The van der Waals surface area contributed by atoms with Gasteiger partial charge >= 0.3 is 0 Å². The summed E-state index contributed by atoms with van der Waals surface area (Å²) in [7, 11) is 1.59. The van der Waals surface area contributed by atoms with Gasteiger partial charge in [0, 0.05) is 24.7 Å². The molecule has 3 aromatic carbocycles. The molecule has 2 amide bonds. The number of benzene rings is 3. The number of carbonyl (C=O) groups excluding carboxylic acids is 2. The molecule has 2 atom stereocenters. The molecular weight excluding hydrogens is 419 g/mol. The lowest BCUT2D eigenvalue weighted by Crippen LogP contribution is -2.28. The van der Waals surface area contributed by atoms with E-state index in [0.717, 1.165) is 35.1 Å². The number of fused-ring (bicyclic) bond motifs is 1. The average molecular weight is 447 g/mol. The molecule has 0 spiro atoms. The lowest BCUT2D eigenvalue weighted by molar-refractivity contribution is -0.123. The first-order valence-electron chi connectivity index (χ1n) is 11.2. The third-order valence-corrected chi connectivity index (χ3v) is 5.90. The minimum atomic E-state index is -0.573. The Morgan fingerprint density at radius 1 is 1.00 bits per heavy atom. The summed E-state index contributed by atoms with van der Waals surface area (Å²) in [5, 5.41) is 5.66. The number of amides is 2. The van der Waals surface area contributed by atoms with Crippen LogP contribution in [0.3, 0.4) is 0 Å². The van der Waals surface area contributed by atoms with E-state index in [9.17, 15) is 14.0 Å². The molecule has 0 saturated carbocycles. The van der Waals surface area contributed by atoms with Crippen LogP contribution in [0.2, 0.25) is 0 Å². The van der Waals surface area contributed by atoms with Crippen molar-refractivity contribution in [3.05, 3.63) is 89.2 Å². The number of ether oxygens (including phenoxy) is 1. The molecule has 2 unspecified atom stereocenters. The Morgan fingerprint density at radius 3 is 2.48 bits per heavy atom. The lowest BCUT2D eigenvalue weighted by atomic mass is 9.88. The van der Waals surface area contributed by atoms with Gasteiger partial charge < -0.3 is 15.4 Å². The van der Waals surface area contributed by atoms with E-state index in [2.05, 4.69) is 17.6 Å². The second kappa shape index (κ2) is 9.86. The molecule has 0 aromatic heterocycles. The first kappa shape index (κ1) is 22.5. The first-order valence-corrected chi connectivity index (χ1v) is 11.2. The van der Waals surface area contributed by atoms with E-state index in [4.69, 9.17) is 4.74 Å². The number of nitrogens with one attached hydrogen (secondary N) is 2. The quantitative estimate of drug-likeness (QED) is 0.503. The molecule has 2 N–H and O–H groups in total. The lowest BCUT2D eigenvalue weighted by Gasteiger charge is -2.18. The Labute approximate surface area is 193 Å². The Bertz CT molecular complexity index is 1160. The van der Waals surface area contributed by atoms with Gasteiger partial charge in [0.05, 0.1) is 0 Å². The molecule has 4 rings (SSSR count). The van der Waals surface area contributed by atoms with Crippen molar-refractivity contribution < 1.29 is 18.7 Å². The second-order valence-corrected chi connectivity index (χ2v) is 8.12. The highest BCUT2D eigenvalue weighted by molar-refractivity contribution is 5.95. The van der Waals surface area contributed by atoms with Crippen molar-refractivity contribution in [1.82, 2.24) is 10.6 Å². The Morgan fingerprint density at radius 2 is 1.76 bits per heavy atom. The van der Waals surface area contributed by atoms with Gasteiger partial charge in [-0.15, -0.1) is 0 Å². The molecule has 0 fully saturated rings. The van der Waals surface area contributed by atoms with Crippen molar-refractivity contribution in [2.24, 2.45) is 0 Å². The fourth-order valence-corrected chi connectivity index (χ4v) is 4.11. The second-order valence-electron chi connectivity index (χ2n) is 8.12. The van der Waals surface area contributed by atoms with E-state index in [1.165, 1.54) is 12.1 Å². The van der Waals surface area contributed by atoms with Crippen LogP contribution in [-0.2, 0) is 4.79 Å². The predicted molar refractivity (Wildman–Crippen MR) is 126 cm³/mol. The predicted octanol–water partition coefficient (Wildman–Crippen LogP) is 4.99. The number of rotatable bonds is 7. The van der Waals surface area contributed by atoms with Crippen molar-refractivity contribution in [3.8, 4) is 16.9 Å². The van der Waals surface area contributed by atoms with Crippen LogP contribution in [-0.4, -0.2) is 25.4 Å².